The van der Waals surface area contributed by atoms with E-state index in [1.807, 2.05) is 75.4 Å². The van der Waals surface area contributed by atoms with Crippen molar-refractivity contribution in [3.63, 3.8) is 0 Å². The van der Waals surface area contributed by atoms with E-state index < -0.39 is 11.6 Å². The maximum Gasteiger partial charge on any atom is 0.261 e. The molecule has 0 aromatic heterocycles. The quantitative estimate of drug-likeness (QED) is 0.314. The van der Waals surface area contributed by atoms with Gasteiger partial charge in [0.1, 0.15) is 17.5 Å². The van der Waals surface area contributed by atoms with Crippen molar-refractivity contribution in [3.8, 4) is 11.5 Å². The third kappa shape index (κ3) is 8.79. The van der Waals surface area contributed by atoms with E-state index in [9.17, 15) is 9.59 Å². The zero-order valence-electron chi connectivity index (χ0n) is 21.5. The molecule has 2 amide bonds. The Morgan fingerprint density at radius 3 is 2.35 bits per heavy atom. The number of rotatable bonds is 10. The van der Waals surface area contributed by atoms with Crippen LogP contribution >= 0.6 is 27.5 Å². The summed E-state index contributed by atoms with van der Waals surface area (Å²) in [6.45, 7) is 5.66. The molecule has 0 aliphatic rings. The van der Waals surface area contributed by atoms with Crippen LogP contribution in [0, 0.1) is 0 Å². The van der Waals surface area contributed by atoms with Gasteiger partial charge < -0.3 is 19.7 Å². The normalized spacial score (nSPS) is 11.9. The molecule has 0 radical (unpaired) electrons. The molecule has 0 fully saturated rings. The molecule has 1 N–H and O–H groups in total. The summed E-state index contributed by atoms with van der Waals surface area (Å²) in [4.78, 5) is 28.8. The Morgan fingerprint density at radius 1 is 1.00 bits per heavy atom. The summed E-state index contributed by atoms with van der Waals surface area (Å²) in [6, 6.07) is 21.5. The van der Waals surface area contributed by atoms with Gasteiger partial charge in [0.2, 0.25) is 5.91 Å². The van der Waals surface area contributed by atoms with Crippen LogP contribution in [0.4, 0.5) is 0 Å². The third-order valence-corrected chi connectivity index (χ3v) is 6.29. The number of nitrogens with one attached hydrogen (secondary N) is 1. The van der Waals surface area contributed by atoms with Crippen LogP contribution in [0.2, 0.25) is 5.02 Å². The van der Waals surface area contributed by atoms with Crippen LogP contribution in [0.15, 0.2) is 77.3 Å². The summed E-state index contributed by atoms with van der Waals surface area (Å²) >= 11 is 9.66. The fourth-order valence-electron chi connectivity index (χ4n) is 3.79. The van der Waals surface area contributed by atoms with Gasteiger partial charge in [0.25, 0.3) is 5.91 Å². The highest BCUT2D eigenvalue weighted by Crippen LogP contribution is 2.28. The van der Waals surface area contributed by atoms with Crippen molar-refractivity contribution in [1.29, 1.82) is 0 Å². The fraction of sp³-hybridized carbons (Fsp3) is 0.310. The van der Waals surface area contributed by atoms with Crippen molar-refractivity contribution < 1.29 is 19.1 Å². The zero-order valence-corrected chi connectivity index (χ0v) is 23.8. The summed E-state index contributed by atoms with van der Waals surface area (Å²) < 4.78 is 12.0. The standard InChI is InChI=1S/C29H32BrClN2O4/c1-29(2,3)32-28(35)25(16-20-9-6-5-7-10-20)33(18-21-11-8-12-23(15-21)36-4)27(34)19-37-26-14-13-22(30)17-24(26)31/h5-15,17,25H,16,18-19H2,1-4H3,(H,32,35)/t25-/m0/s1. The van der Waals surface area contributed by atoms with Crippen LogP contribution in [0.25, 0.3) is 0 Å². The number of halogens is 2. The SMILES string of the molecule is COc1cccc(CN(C(=O)COc2ccc(Br)cc2Cl)[C@@H](Cc2ccccc2)C(=O)NC(C)(C)C)c1. The van der Waals surface area contributed by atoms with Crippen molar-refractivity contribution in [1.82, 2.24) is 10.2 Å². The molecule has 0 saturated heterocycles. The highest BCUT2D eigenvalue weighted by atomic mass is 79.9. The summed E-state index contributed by atoms with van der Waals surface area (Å²) in [5, 5.41) is 3.43. The number of hydrogen-bond acceptors (Lipinski definition) is 4. The Labute approximate surface area is 232 Å². The number of amides is 2. The number of carbonyl (C=O) groups is 2. The first-order chi connectivity index (χ1) is 17.6. The van der Waals surface area contributed by atoms with Crippen LogP contribution in [0.3, 0.4) is 0 Å². The Bertz CT molecular complexity index is 1210. The maximum atomic E-state index is 13.7. The lowest BCUT2D eigenvalue weighted by molar-refractivity contribution is -0.143. The second-order valence-electron chi connectivity index (χ2n) is 9.68. The molecule has 0 bridgehead atoms. The van der Waals surface area contributed by atoms with Gasteiger partial charge in [-0.3, -0.25) is 9.59 Å². The highest BCUT2D eigenvalue weighted by Gasteiger charge is 2.32. The second-order valence-corrected chi connectivity index (χ2v) is 11.0. The van der Waals surface area contributed by atoms with Crippen LogP contribution < -0.4 is 14.8 Å². The Hall–Kier alpha value is -3.03. The van der Waals surface area contributed by atoms with Gasteiger partial charge in [0.05, 0.1) is 12.1 Å². The molecule has 0 saturated carbocycles. The minimum atomic E-state index is -0.774. The molecule has 8 heteroatoms. The van der Waals surface area contributed by atoms with Gasteiger partial charge in [0.15, 0.2) is 6.61 Å². The highest BCUT2D eigenvalue weighted by molar-refractivity contribution is 9.10. The predicted octanol–water partition coefficient (Wildman–Crippen LogP) is 6.04. The molecule has 0 unspecified atom stereocenters. The molecule has 1 atom stereocenters. The molecule has 3 aromatic carbocycles. The van der Waals surface area contributed by atoms with Gasteiger partial charge in [-0.2, -0.15) is 0 Å². The molecule has 196 valence electrons. The van der Waals surface area contributed by atoms with Crippen LogP contribution in [0.5, 0.6) is 11.5 Å². The molecule has 0 spiro atoms. The molecule has 0 heterocycles. The van der Waals surface area contributed by atoms with E-state index in [1.165, 1.54) is 0 Å². The monoisotopic (exact) mass is 586 g/mol. The Morgan fingerprint density at radius 2 is 1.70 bits per heavy atom. The number of methoxy groups -OCH3 is 1. The van der Waals surface area contributed by atoms with E-state index in [-0.39, 0.29) is 25.0 Å². The summed E-state index contributed by atoms with van der Waals surface area (Å²) in [6.07, 6.45) is 0.345. The van der Waals surface area contributed by atoms with Gasteiger partial charge in [0, 0.05) is 23.0 Å². The lowest BCUT2D eigenvalue weighted by atomic mass is 10.0. The van der Waals surface area contributed by atoms with Gasteiger partial charge in [-0.15, -0.1) is 0 Å². The van der Waals surface area contributed by atoms with E-state index >= 15 is 0 Å². The zero-order chi connectivity index (χ0) is 27.0. The summed E-state index contributed by atoms with van der Waals surface area (Å²) in [5.74, 6) is 0.473. The van der Waals surface area contributed by atoms with Crippen LogP contribution in [-0.4, -0.2) is 42.0 Å². The minimum Gasteiger partial charge on any atom is -0.497 e. The fourth-order valence-corrected chi connectivity index (χ4v) is 4.52. The molecular formula is C29H32BrClN2O4. The van der Waals surface area contributed by atoms with Crippen molar-refractivity contribution in [3.05, 3.63) is 93.4 Å². The number of carbonyl (C=O) groups excluding carboxylic acids is 2. The summed E-state index contributed by atoms with van der Waals surface area (Å²) in [5.41, 5.74) is 1.30. The first kappa shape index (κ1) is 28.5. The van der Waals surface area contributed by atoms with Crippen LogP contribution in [-0.2, 0) is 22.6 Å². The van der Waals surface area contributed by atoms with E-state index in [4.69, 9.17) is 21.1 Å². The average molecular weight is 588 g/mol. The largest absolute Gasteiger partial charge is 0.497 e. The van der Waals surface area contributed by atoms with Crippen molar-refractivity contribution in [2.45, 2.75) is 45.3 Å². The number of benzene rings is 3. The predicted molar refractivity (Wildman–Crippen MR) is 150 cm³/mol. The lowest BCUT2D eigenvalue weighted by Crippen LogP contribution is -2.55. The van der Waals surface area contributed by atoms with Gasteiger partial charge in [-0.1, -0.05) is 70.0 Å². The van der Waals surface area contributed by atoms with Crippen molar-refractivity contribution in [2.24, 2.45) is 0 Å². The minimum absolute atomic E-state index is 0.197. The number of ether oxygens (including phenoxy) is 2. The van der Waals surface area contributed by atoms with Gasteiger partial charge >= 0.3 is 0 Å². The lowest BCUT2D eigenvalue weighted by Gasteiger charge is -2.33. The molecular weight excluding hydrogens is 556 g/mol. The van der Waals surface area contributed by atoms with E-state index in [0.717, 1.165) is 15.6 Å². The molecule has 0 aliphatic heterocycles. The van der Waals surface area contributed by atoms with E-state index in [2.05, 4.69) is 21.2 Å². The van der Waals surface area contributed by atoms with Crippen molar-refractivity contribution in [2.75, 3.05) is 13.7 Å². The molecule has 3 aromatic rings. The molecule has 3 rings (SSSR count). The second kappa shape index (κ2) is 13.0. The molecule has 0 aliphatic carbocycles. The molecule has 37 heavy (non-hydrogen) atoms. The maximum absolute atomic E-state index is 13.7. The third-order valence-electron chi connectivity index (χ3n) is 5.50. The van der Waals surface area contributed by atoms with E-state index in [1.54, 1.807) is 30.2 Å². The number of nitrogens with zero attached hydrogens (tertiary/aromatic N) is 1. The average Bonchev–Trinajstić information content (AvgIpc) is 2.85. The first-order valence-corrected chi connectivity index (χ1v) is 13.1. The van der Waals surface area contributed by atoms with Gasteiger partial charge in [-0.25, -0.2) is 0 Å². The van der Waals surface area contributed by atoms with Gasteiger partial charge in [-0.05, 0) is 62.2 Å². The Balaban J connectivity index is 1.95. The topological polar surface area (TPSA) is 67.9 Å². The number of hydrogen-bond donors (Lipinski definition) is 1. The Kier molecular flexibility index (Phi) is 10.0. The van der Waals surface area contributed by atoms with Crippen molar-refractivity contribution >= 4 is 39.3 Å². The van der Waals surface area contributed by atoms with Crippen LogP contribution in [0.1, 0.15) is 31.9 Å². The smallest absolute Gasteiger partial charge is 0.261 e. The molecule has 6 nitrogen and oxygen atoms in total. The van der Waals surface area contributed by atoms with E-state index in [0.29, 0.717) is 22.9 Å². The summed E-state index contributed by atoms with van der Waals surface area (Å²) in [7, 11) is 1.59. The first-order valence-electron chi connectivity index (χ1n) is 11.9.